The molecule has 0 aliphatic rings. The number of aldehydes is 1. The van der Waals surface area contributed by atoms with Crippen molar-refractivity contribution in [2.45, 2.75) is 20.1 Å². The third kappa shape index (κ3) is 4.35. The summed E-state index contributed by atoms with van der Waals surface area (Å²) >= 11 is 0. The topological polar surface area (TPSA) is 54.0 Å². The van der Waals surface area contributed by atoms with Crippen LogP contribution in [0, 0.1) is 0 Å². The zero-order valence-corrected chi connectivity index (χ0v) is 10.8. The van der Waals surface area contributed by atoms with Crippen molar-refractivity contribution in [1.82, 2.24) is 0 Å². The molecule has 1 atom stereocenters. The normalized spacial score (nSPS) is 11.9. The fraction of sp³-hybridized carbons (Fsp3) is 0.462. The minimum atomic E-state index is -0.338. The molecule has 0 saturated heterocycles. The summed E-state index contributed by atoms with van der Waals surface area (Å²) in [5.41, 5.74) is 0.539. The van der Waals surface area contributed by atoms with E-state index in [9.17, 15) is 4.79 Å². The number of ether oxygens (including phenoxy) is 4. The van der Waals surface area contributed by atoms with Crippen molar-refractivity contribution in [3.05, 3.63) is 23.8 Å². The van der Waals surface area contributed by atoms with Crippen molar-refractivity contribution in [3.63, 3.8) is 0 Å². The first kappa shape index (κ1) is 14.5. The van der Waals surface area contributed by atoms with E-state index < -0.39 is 0 Å². The molecule has 100 valence electrons. The Hall–Kier alpha value is -1.59. The molecule has 0 aliphatic carbocycles. The molecule has 18 heavy (non-hydrogen) atoms. The first-order valence-electron chi connectivity index (χ1n) is 5.70. The monoisotopic (exact) mass is 254 g/mol. The minimum Gasteiger partial charge on any atom is -0.490 e. The lowest BCUT2D eigenvalue weighted by molar-refractivity contribution is -0.149. The van der Waals surface area contributed by atoms with Gasteiger partial charge in [-0.05, 0) is 32.0 Å². The Labute approximate surface area is 107 Å². The molecule has 0 radical (unpaired) electrons. The second-order valence-electron chi connectivity index (χ2n) is 3.49. The fourth-order valence-corrected chi connectivity index (χ4v) is 1.25. The number of hydrogen-bond donors (Lipinski definition) is 0. The van der Waals surface area contributed by atoms with Gasteiger partial charge in [-0.25, -0.2) is 0 Å². The Kier molecular flexibility index (Phi) is 6.18. The average Bonchev–Trinajstić information content (AvgIpc) is 2.40. The molecule has 0 amide bonds. The summed E-state index contributed by atoms with van der Waals surface area (Å²) in [5, 5.41) is 0. The van der Waals surface area contributed by atoms with Crippen molar-refractivity contribution in [2.75, 3.05) is 20.5 Å². The van der Waals surface area contributed by atoms with Gasteiger partial charge in [-0.3, -0.25) is 4.79 Å². The van der Waals surface area contributed by atoms with E-state index in [0.29, 0.717) is 23.7 Å². The van der Waals surface area contributed by atoms with E-state index in [1.807, 2.05) is 6.92 Å². The lowest BCUT2D eigenvalue weighted by atomic mass is 10.2. The SMILES string of the molecule is CCOc1cc(C=O)ccc1OCOC(C)OC. The van der Waals surface area contributed by atoms with E-state index in [4.69, 9.17) is 18.9 Å². The van der Waals surface area contributed by atoms with E-state index in [1.54, 1.807) is 32.2 Å². The van der Waals surface area contributed by atoms with Crippen molar-refractivity contribution in [2.24, 2.45) is 0 Å². The molecule has 0 heterocycles. The maximum Gasteiger partial charge on any atom is 0.192 e. The van der Waals surface area contributed by atoms with Crippen LogP contribution in [-0.2, 0) is 9.47 Å². The summed E-state index contributed by atoms with van der Waals surface area (Å²) in [6.07, 6.45) is 0.422. The standard InChI is InChI=1S/C13H18O5/c1-4-16-13-7-11(8-14)5-6-12(13)18-9-17-10(2)15-3/h5-8,10H,4,9H2,1-3H3. The van der Waals surface area contributed by atoms with Gasteiger partial charge in [0.15, 0.2) is 24.6 Å². The molecule has 0 spiro atoms. The highest BCUT2D eigenvalue weighted by Gasteiger charge is 2.07. The van der Waals surface area contributed by atoms with Crippen molar-refractivity contribution < 1.29 is 23.7 Å². The van der Waals surface area contributed by atoms with Crippen LogP contribution in [-0.4, -0.2) is 33.1 Å². The Morgan fingerprint density at radius 3 is 2.67 bits per heavy atom. The lowest BCUT2D eigenvalue weighted by Crippen LogP contribution is -2.14. The lowest BCUT2D eigenvalue weighted by Gasteiger charge is -2.14. The second-order valence-corrected chi connectivity index (χ2v) is 3.49. The third-order valence-corrected chi connectivity index (χ3v) is 2.25. The van der Waals surface area contributed by atoms with E-state index in [2.05, 4.69) is 0 Å². The van der Waals surface area contributed by atoms with E-state index in [-0.39, 0.29) is 13.1 Å². The summed E-state index contributed by atoms with van der Waals surface area (Å²) in [6.45, 7) is 4.17. The molecule has 0 fully saturated rings. The number of methoxy groups -OCH3 is 1. The van der Waals surface area contributed by atoms with Crippen LogP contribution in [0.4, 0.5) is 0 Å². The number of carbonyl (C=O) groups excluding carboxylic acids is 1. The van der Waals surface area contributed by atoms with Gasteiger partial charge in [-0.1, -0.05) is 0 Å². The predicted molar refractivity (Wildman–Crippen MR) is 66.0 cm³/mol. The average molecular weight is 254 g/mol. The van der Waals surface area contributed by atoms with Gasteiger partial charge in [0.2, 0.25) is 0 Å². The summed E-state index contributed by atoms with van der Waals surface area (Å²) in [5.74, 6) is 1.06. The van der Waals surface area contributed by atoms with E-state index in [0.717, 1.165) is 6.29 Å². The van der Waals surface area contributed by atoms with Gasteiger partial charge in [0.1, 0.15) is 6.29 Å². The molecule has 1 aromatic rings. The Morgan fingerprint density at radius 1 is 1.28 bits per heavy atom. The number of hydrogen-bond acceptors (Lipinski definition) is 5. The number of carbonyl (C=O) groups is 1. The smallest absolute Gasteiger partial charge is 0.192 e. The molecule has 1 unspecified atom stereocenters. The molecule has 0 aliphatic heterocycles. The zero-order valence-electron chi connectivity index (χ0n) is 10.8. The fourth-order valence-electron chi connectivity index (χ4n) is 1.25. The van der Waals surface area contributed by atoms with Crippen LogP contribution < -0.4 is 9.47 Å². The zero-order chi connectivity index (χ0) is 13.4. The summed E-state index contributed by atoms with van der Waals surface area (Å²) in [4.78, 5) is 10.7. The van der Waals surface area contributed by atoms with Crippen LogP contribution in [0.5, 0.6) is 11.5 Å². The van der Waals surface area contributed by atoms with Gasteiger partial charge in [0, 0.05) is 12.7 Å². The Bertz CT molecular complexity index is 378. The molecule has 0 aromatic heterocycles. The van der Waals surface area contributed by atoms with Crippen LogP contribution in [0.2, 0.25) is 0 Å². The maximum atomic E-state index is 10.7. The van der Waals surface area contributed by atoms with Crippen LogP contribution in [0.25, 0.3) is 0 Å². The summed E-state index contributed by atoms with van der Waals surface area (Å²) in [7, 11) is 1.55. The highest BCUT2D eigenvalue weighted by molar-refractivity contribution is 5.76. The van der Waals surface area contributed by atoms with Crippen LogP contribution in [0.3, 0.4) is 0 Å². The summed E-state index contributed by atoms with van der Waals surface area (Å²) < 4.78 is 20.9. The van der Waals surface area contributed by atoms with Gasteiger partial charge >= 0.3 is 0 Å². The van der Waals surface area contributed by atoms with Crippen molar-refractivity contribution >= 4 is 6.29 Å². The van der Waals surface area contributed by atoms with Gasteiger partial charge in [-0.2, -0.15) is 0 Å². The van der Waals surface area contributed by atoms with E-state index >= 15 is 0 Å². The highest BCUT2D eigenvalue weighted by Crippen LogP contribution is 2.28. The molecule has 0 bridgehead atoms. The Balaban J connectivity index is 2.65. The number of rotatable bonds is 8. The minimum absolute atomic E-state index is 0.0511. The predicted octanol–water partition coefficient (Wildman–Crippen LogP) is 2.24. The molecule has 5 heteroatoms. The van der Waals surface area contributed by atoms with Crippen LogP contribution in [0.15, 0.2) is 18.2 Å². The van der Waals surface area contributed by atoms with Crippen LogP contribution >= 0.6 is 0 Å². The van der Waals surface area contributed by atoms with Crippen LogP contribution in [0.1, 0.15) is 24.2 Å². The summed E-state index contributed by atoms with van der Waals surface area (Å²) in [6, 6.07) is 4.96. The molecule has 0 saturated carbocycles. The highest BCUT2D eigenvalue weighted by atomic mass is 16.7. The first-order valence-corrected chi connectivity index (χ1v) is 5.70. The first-order chi connectivity index (χ1) is 8.71. The molecule has 5 nitrogen and oxygen atoms in total. The third-order valence-electron chi connectivity index (χ3n) is 2.25. The van der Waals surface area contributed by atoms with Gasteiger partial charge in [0.25, 0.3) is 0 Å². The van der Waals surface area contributed by atoms with Gasteiger partial charge in [0.05, 0.1) is 6.61 Å². The van der Waals surface area contributed by atoms with E-state index in [1.165, 1.54) is 0 Å². The molecular weight excluding hydrogens is 236 g/mol. The molecule has 0 N–H and O–H groups in total. The van der Waals surface area contributed by atoms with Crippen molar-refractivity contribution in [3.8, 4) is 11.5 Å². The maximum absolute atomic E-state index is 10.7. The molecule has 1 aromatic carbocycles. The van der Waals surface area contributed by atoms with Crippen molar-refractivity contribution in [1.29, 1.82) is 0 Å². The second kappa shape index (κ2) is 7.68. The Morgan fingerprint density at radius 2 is 2.06 bits per heavy atom. The number of benzene rings is 1. The largest absolute Gasteiger partial charge is 0.490 e. The molecule has 1 rings (SSSR count). The molecular formula is C13H18O5. The van der Waals surface area contributed by atoms with Gasteiger partial charge < -0.3 is 18.9 Å². The van der Waals surface area contributed by atoms with Gasteiger partial charge in [-0.15, -0.1) is 0 Å². The quantitative estimate of drug-likeness (QED) is 0.526.